The summed E-state index contributed by atoms with van der Waals surface area (Å²) < 4.78 is 11.4. The number of amides is 1. The molecule has 3 aromatic rings. The fourth-order valence-corrected chi connectivity index (χ4v) is 4.16. The number of hydrogen-bond acceptors (Lipinski definition) is 5. The van der Waals surface area contributed by atoms with Gasteiger partial charge in [0.2, 0.25) is 0 Å². The number of aliphatic imine (C=N–C) groups is 1. The van der Waals surface area contributed by atoms with Crippen LogP contribution in [0.2, 0.25) is 5.02 Å². The fraction of sp³-hybridized carbons (Fsp3) is 0.154. The molecule has 0 unspecified atom stereocenters. The molecule has 3 aromatic carbocycles. The number of rotatable bonds is 7. The monoisotopic (exact) mass is 478 g/mol. The van der Waals surface area contributed by atoms with Gasteiger partial charge in [0.05, 0.1) is 17.7 Å². The molecule has 0 atom stereocenters. The first kappa shape index (κ1) is 23.0. The van der Waals surface area contributed by atoms with E-state index >= 15 is 0 Å². The maximum atomic E-state index is 12.4. The second kappa shape index (κ2) is 10.6. The molecule has 0 aromatic heterocycles. The van der Waals surface area contributed by atoms with E-state index in [4.69, 9.17) is 21.1 Å². The number of nitrogens with zero attached hydrogens (tertiary/aromatic N) is 1. The summed E-state index contributed by atoms with van der Waals surface area (Å²) in [5.74, 6) is 1.04. The first-order chi connectivity index (χ1) is 16.0. The van der Waals surface area contributed by atoms with Crippen molar-refractivity contribution in [3.63, 3.8) is 0 Å². The lowest BCUT2D eigenvalue weighted by Crippen LogP contribution is -2.19. The number of methoxy groups -OCH3 is 1. The zero-order chi connectivity index (χ0) is 23.2. The van der Waals surface area contributed by atoms with E-state index in [-0.39, 0.29) is 5.91 Å². The van der Waals surface area contributed by atoms with Crippen molar-refractivity contribution in [1.82, 2.24) is 5.32 Å². The van der Waals surface area contributed by atoms with Gasteiger partial charge in [-0.1, -0.05) is 48.9 Å². The van der Waals surface area contributed by atoms with Crippen LogP contribution >= 0.6 is 23.4 Å². The Morgan fingerprint density at radius 1 is 1.00 bits per heavy atom. The summed E-state index contributed by atoms with van der Waals surface area (Å²) in [6, 6.07) is 21.0. The number of carbonyl (C=O) groups excluding carboxylic acids is 1. The second-order valence-corrected chi connectivity index (χ2v) is 8.79. The van der Waals surface area contributed by atoms with Gasteiger partial charge in [-0.3, -0.25) is 4.79 Å². The van der Waals surface area contributed by atoms with Crippen LogP contribution in [-0.2, 0) is 17.8 Å². The molecule has 168 valence electrons. The Balaban J connectivity index is 1.46. The summed E-state index contributed by atoms with van der Waals surface area (Å²) in [6.07, 6.45) is 2.79. The summed E-state index contributed by atoms with van der Waals surface area (Å²) in [5.41, 5.74) is 3.89. The van der Waals surface area contributed by atoms with E-state index in [1.54, 1.807) is 7.11 Å². The minimum Gasteiger partial charge on any atom is -0.493 e. The third kappa shape index (κ3) is 5.97. The Kier molecular flexibility index (Phi) is 7.37. The predicted molar refractivity (Wildman–Crippen MR) is 135 cm³/mol. The maximum Gasteiger partial charge on any atom is 0.264 e. The summed E-state index contributed by atoms with van der Waals surface area (Å²) in [6.45, 7) is 2.50. The minimum atomic E-state index is -0.175. The van der Waals surface area contributed by atoms with Crippen LogP contribution in [0.5, 0.6) is 11.5 Å². The molecular formula is C26H23ClN2O3S. The summed E-state index contributed by atoms with van der Waals surface area (Å²) in [4.78, 5) is 17.5. The molecule has 0 bridgehead atoms. The summed E-state index contributed by atoms with van der Waals surface area (Å²) >= 11 is 7.24. The van der Waals surface area contributed by atoms with Crippen LogP contribution in [0.25, 0.3) is 6.08 Å². The molecule has 1 N–H and O–H groups in total. The summed E-state index contributed by atoms with van der Waals surface area (Å²) in [5, 5.41) is 4.07. The van der Waals surface area contributed by atoms with Gasteiger partial charge in [-0.15, -0.1) is 0 Å². The predicted octanol–water partition coefficient (Wildman–Crippen LogP) is 6.38. The zero-order valence-electron chi connectivity index (χ0n) is 18.3. The van der Waals surface area contributed by atoms with Gasteiger partial charge in [0.15, 0.2) is 16.7 Å². The van der Waals surface area contributed by atoms with Crippen LogP contribution in [0.1, 0.15) is 23.6 Å². The lowest BCUT2D eigenvalue weighted by Gasteiger charge is -2.11. The number of carbonyl (C=O) groups is 1. The highest BCUT2D eigenvalue weighted by Crippen LogP contribution is 2.32. The average Bonchev–Trinajstić information content (AvgIpc) is 3.17. The van der Waals surface area contributed by atoms with Crippen LogP contribution < -0.4 is 14.8 Å². The van der Waals surface area contributed by atoms with E-state index in [9.17, 15) is 4.79 Å². The Labute approximate surface area is 202 Å². The molecule has 1 fully saturated rings. The topological polar surface area (TPSA) is 59.9 Å². The highest BCUT2D eigenvalue weighted by Gasteiger charge is 2.24. The molecule has 7 heteroatoms. The van der Waals surface area contributed by atoms with Gasteiger partial charge in [-0.25, -0.2) is 4.99 Å². The van der Waals surface area contributed by atoms with Crippen LogP contribution in [0, 0.1) is 0 Å². The molecule has 0 spiro atoms. The van der Waals surface area contributed by atoms with Crippen molar-refractivity contribution in [3.05, 3.63) is 93.3 Å². The number of aryl methyl sites for hydroxylation is 1. The molecule has 1 saturated heterocycles. The van der Waals surface area contributed by atoms with E-state index < -0.39 is 0 Å². The Hall–Kier alpha value is -3.22. The normalized spacial score (nSPS) is 15.7. The molecule has 33 heavy (non-hydrogen) atoms. The van der Waals surface area contributed by atoms with Gasteiger partial charge in [0, 0.05) is 5.02 Å². The standard InChI is InChI=1S/C26H23ClN2O3S/c1-3-17-6-11-21(12-7-17)28-26-29-25(30)24(33-26)15-19-8-13-22(23(14-19)31-2)32-16-18-4-9-20(27)10-5-18/h4-15H,3,16H2,1-2H3,(H,28,29,30)/b24-15-. The maximum absolute atomic E-state index is 12.4. The van der Waals surface area contributed by atoms with Crippen molar-refractivity contribution in [2.45, 2.75) is 20.0 Å². The number of amidine groups is 1. The van der Waals surface area contributed by atoms with Crippen LogP contribution in [0.15, 0.2) is 76.6 Å². The molecule has 0 aliphatic carbocycles. The van der Waals surface area contributed by atoms with Gasteiger partial charge in [0.1, 0.15) is 6.61 Å². The van der Waals surface area contributed by atoms with E-state index in [1.807, 2.05) is 72.8 Å². The van der Waals surface area contributed by atoms with Gasteiger partial charge in [-0.05, 0) is 77.3 Å². The minimum absolute atomic E-state index is 0.175. The van der Waals surface area contributed by atoms with Crippen LogP contribution in [0.3, 0.4) is 0 Å². The van der Waals surface area contributed by atoms with Crippen molar-refractivity contribution in [1.29, 1.82) is 0 Å². The van der Waals surface area contributed by atoms with Crippen LogP contribution in [-0.4, -0.2) is 18.2 Å². The Bertz CT molecular complexity index is 1210. The fourth-order valence-electron chi connectivity index (χ4n) is 3.19. The number of ether oxygens (including phenoxy) is 2. The number of thioether (sulfide) groups is 1. The first-order valence-corrected chi connectivity index (χ1v) is 11.7. The highest BCUT2D eigenvalue weighted by atomic mass is 35.5. The van der Waals surface area contributed by atoms with Gasteiger partial charge >= 0.3 is 0 Å². The Morgan fingerprint density at radius 3 is 2.42 bits per heavy atom. The third-order valence-corrected chi connectivity index (χ3v) is 6.18. The second-order valence-electron chi connectivity index (χ2n) is 7.33. The SMILES string of the molecule is CCc1ccc(N=C2NC(=O)/C(=C/c3ccc(OCc4ccc(Cl)cc4)c(OC)c3)S2)cc1. The van der Waals surface area contributed by atoms with Crippen molar-refractivity contribution in [3.8, 4) is 11.5 Å². The van der Waals surface area contributed by atoms with E-state index in [0.717, 1.165) is 23.2 Å². The summed E-state index contributed by atoms with van der Waals surface area (Å²) in [7, 11) is 1.59. The lowest BCUT2D eigenvalue weighted by molar-refractivity contribution is -0.115. The smallest absolute Gasteiger partial charge is 0.264 e. The lowest BCUT2D eigenvalue weighted by atomic mass is 10.2. The largest absolute Gasteiger partial charge is 0.493 e. The molecule has 1 aliphatic rings. The van der Waals surface area contributed by atoms with E-state index in [0.29, 0.717) is 33.2 Å². The van der Waals surface area contributed by atoms with Crippen molar-refractivity contribution in [2.75, 3.05) is 7.11 Å². The molecule has 1 aliphatic heterocycles. The zero-order valence-corrected chi connectivity index (χ0v) is 19.9. The van der Waals surface area contributed by atoms with E-state index in [2.05, 4.69) is 17.2 Å². The van der Waals surface area contributed by atoms with Crippen molar-refractivity contribution >= 4 is 46.2 Å². The average molecular weight is 479 g/mol. The van der Waals surface area contributed by atoms with Crippen molar-refractivity contribution in [2.24, 2.45) is 4.99 Å². The molecule has 5 nitrogen and oxygen atoms in total. The number of nitrogens with one attached hydrogen (secondary N) is 1. The molecular weight excluding hydrogens is 456 g/mol. The van der Waals surface area contributed by atoms with Crippen LogP contribution in [0.4, 0.5) is 5.69 Å². The number of halogens is 1. The third-order valence-electron chi connectivity index (χ3n) is 5.02. The Morgan fingerprint density at radius 2 is 1.73 bits per heavy atom. The molecule has 0 radical (unpaired) electrons. The highest BCUT2D eigenvalue weighted by molar-refractivity contribution is 8.18. The molecule has 1 amide bonds. The van der Waals surface area contributed by atoms with Gasteiger partial charge in [0.25, 0.3) is 5.91 Å². The quantitative estimate of drug-likeness (QED) is 0.400. The molecule has 0 saturated carbocycles. The first-order valence-electron chi connectivity index (χ1n) is 10.5. The van der Waals surface area contributed by atoms with Crippen molar-refractivity contribution < 1.29 is 14.3 Å². The van der Waals surface area contributed by atoms with Gasteiger partial charge in [-0.2, -0.15) is 0 Å². The molecule has 4 rings (SSSR count). The molecule has 1 heterocycles. The van der Waals surface area contributed by atoms with E-state index in [1.165, 1.54) is 17.3 Å². The number of benzene rings is 3. The van der Waals surface area contributed by atoms with Gasteiger partial charge < -0.3 is 14.8 Å². The number of hydrogen-bond donors (Lipinski definition) is 1.